The van der Waals surface area contributed by atoms with Gasteiger partial charge in [0.15, 0.2) is 0 Å². The molecule has 0 spiro atoms. The zero-order chi connectivity index (χ0) is 9.90. The molecule has 0 aromatic rings. The van der Waals surface area contributed by atoms with Gasteiger partial charge in [-0.25, -0.2) is 9.59 Å². The topological polar surface area (TPSA) is 52.6 Å². The van der Waals surface area contributed by atoms with E-state index >= 15 is 0 Å². The Morgan fingerprint density at radius 2 is 1.38 bits per heavy atom. The van der Waals surface area contributed by atoms with Crippen LogP contribution in [0.5, 0.6) is 0 Å². The number of methoxy groups -OCH3 is 2. The Hall–Kier alpha value is 0.340. The van der Waals surface area contributed by atoms with Crippen LogP contribution in [0.3, 0.4) is 0 Å². The fourth-order valence-electron chi connectivity index (χ4n) is 0.626. The van der Waals surface area contributed by atoms with Crippen LogP contribution < -0.4 is 0 Å². The quantitative estimate of drug-likeness (QED) is 0.421. The third-order valence-electron chi connectivity index (χ3n) is 1.24. The van der Waals surface area contributed by atoms with Crippen LogP contribution in [0.2, 0.25) is 0 Å². The third-order valence-corrected chi connectivity index (χ3v) is 9.00. The minimum atomic E-state index is -1.25. The largest absolute Gasteiger partial charge is 0.467 e. The van der Waals surface area contributed by atoms with Crippen molar-refractivity contribution >= 4 is 53.2 Å². The molecule has 0 N–H and O–H groups in total. The minimum absolute atomic E-state index is 0.577. The van der Waals surface area contributed by atoms with Crippen molar-refractivity contribution in [3.05, 3.63) is 0 Å². The number of hydrogen-bond donors (Lipinski definition) is 0. The van der Waals surface area contributed by atoms with Crippen LogP contribution >= 0.6 is 41.2 Å². The van der Waals surface area contributed by atoms with E-state index in [1.807, 2.05) is 0 Å². The Bertz CT molecular complexity index is 207. The highest BCUT2D eigenvalue weighted by Crippen LogP contribution is 2.65. The molecule has 74 valence electrons. The van der Waals surface area contributed by atoms with Gasteiger partial charge in [-0.05, 0) is 41.2 Å². The molecular formula is C5H6O4S4. The van der Waals surface area contributed by atoms with E-state index in [0.29, 0.717) is 0 Å². The third kappa shape index (κ3) is 2.05. The standard InChI is InChI=1S/C5H6O4S4/c1-8-3(6)5(4(7)9-2)10-12-13-11-5/h1-2H3. The summed E-state index contributed by atoms with van der Waals surface area (Å²) in [7, 11) is 7.53. The Kier molecular flexibility index (Phi) is 4.14. The Morgan fingerprint density at radius 1 is 1.00 bits per heavy atom. The maximum Gasteiger partial charge on any atom is 0.345 e. The molecule has 0 bridgehead atoms. The van der Waals surface area contributed by atoms with E-state index in [4.69, 9.17) is 0 Å². The molecule has 1 aliphatic rings. The molecule has 1 heterocycles. The second-order valence-electron chi connectivity index (χ2n) is 1.90. The van der Waals surface area contributed by atoms with Gasteiger partial charge in [0.25, 0.3) is 4.08 Å². The van der Waals surface area contributed by atoms with Crippen molar-refractivity contribution < 1.29 is 19.1 Å². The number of carbonyl (C=O) groups excluding carboxylic acids is 2. The van der Waals surface area contributed by atoms with Crippen molar-refractivity contribution in [3.8, 4) is 0 Å². The predicted octanol–water partition coefficient (Wildman–Crippen LogP) is 1.72. The van der Waals surface area contributed by atoms with Crippen molar-refractivity contribution in [2.24, 2.45) is 0 Å². The van der Waals surface area contributed by atoms with Crippen LogP contribution in [0.1, 0.15) is 0 Å². The lowest BCUT2D eigenvalue weighted by Crippen LogP contribution is -2.39. The maximum atomic E-state index is 11.3. The number of rotatable bonds is 2. The second-order valence-corrected chi connectivity index (χ2v) is 8.26. The monoisotopic (exact) mass is 258 g/mol. The summed E-state index contributed by atoms with van der Waals surface area (Å²) < 4.78 is 7.85. The molecule has 1 fully saturated rings. The fraction of sp³-hybridized carbons (Fsp3) is 0.600. The van der Waals surface area contributed by atoms with E-state index in [-0.39, 0.29) is 0 Å². The average Bonchev–Trinajstić information content (AvgIpc) is 2.65. The second kappa shape index (κ2) is 4.72. The smallest absolute Gasteiger partial charge is 0.345 e. The molecule has 1 saturated heterocycles. The van der Waals surface area contributed by atoms with Gasteiger partial charge in [0.2, 0.25) is 0 Å². The minimum Gasteiger partial charge on any atom is -0.467 e. The van der Waals surface area contributed by atoms with Crippen molar-refractivity contribution in [3.63, 3.8) is 0 Å². The van der Waals surface area contributed by atoms with Crippen LogP contribution in [-0.2, 0) is 19.1 Å². The van der Waals surface area contributed by atoms with Gasteiger partial charge in [0, 0.05) is 0 Å². The molecule has 4 nitrogen and oxygen atoms in total. The van der Waals surface area contributed by atoms with Gasteiger partial charge in [-0.2, -0.15) is 0 Å². The van der Waals surface area contributed by atoms with Crippen LogP contribution in [0.25, 0.3) is 0 Å². The highest BCUT2D eigenvalue weighted by Gasteiger charge is 2.54. The summed E-state index contributed by atoms with van der Waals surface area (Å²) in [5.74, 6) is -1.15. The van der Waals surface area contributed by atoms with Gasteiger partial charge in [-0.3, -0.25) is 0 Å². The first-order valence-electron chi connectivity index (χ1n) is 3.04. The van der Waals surface area contributed by atoms with Gasteiger partial charge < -0.3 is 9.47 Å². The van der Waals surface area contributed by atoms with Crippen LogP contribution in [0.4, 0.5) is 0 Å². The van der Waals surface area contributed by atoms with E-state index in [1.165, 1.54) is 33.9 Å². The summed E-state index contributed by atoms with van der Waals surface area (Å²) in [6.45, 7) is 0. The molecule has 13 heavy (non-hydrogen) atoms. The first-order valence-corrected chi connectivity index (χ1v) is 7.86. The van der Waals surface area contributed by atoms with Gasteiger partial charge in [-0.15, -0.1) is 0 Å². The maximum absolute atomic E-state index is 11.3. The molecule has 0 aliphatic carbocycles. The summed E-state index contributed by atoms with van der Waals surface area (Å²) in [5.41, 5.74) is 0. The fourth-order valence-corrected chi connectivity index (χ4v) is 9.37. The van der Waals surface area contributed by atoms with E-state index in [2.05, 4.69) is 9.47 Å². The molecule has 1 aliphatic heterocycles. The molecular weight excluding hydrogens is 252 g/mol. The lowest BCUT2D eigenvalue weighted by Gasteiger charge is -2.18. The molecule has 0 aromatic carbocycles. The molecule has 0 saturated carbocycles. The number of esters is 2. The number of hydrogen-bond acceptors (Lipinski definition) is 8. The highest BCUT2D eigenvalue weighted by atomic mass is 33.7. The van der Waals surface area contributed by atoms with Crippen molar-refractivity contribution in [2.45, 2.75) is 4.08 Å². The predicted molar refractivity (Wildman–Crippen MR) is 57.1 cm³/mol. The normalized spacial score (nSPS) is 19.5. The SMILES string of the molecule is COC(=O)C1(C(=O)OC)SSSS1. The first-order chi connectivity index (χ1) is 6.17. The van der Waals surface area contributed by atoms with Crippen LogP contribution in [0, 0.1) is 0 Å². The summed E-state index contributed by atoms with van der Waals surface area (Å²) in [4.78, 5) is 22.7. The average molecular weight is 258 g/mol. The van der Waals surface area contributed by atoms with E-state index in [9.17, 15) is 9.59 Å². The Morgan fingerprint density at radius 3 is 1.69 bits per heavy atom. The first kappa shape index (κ1) is 11.4. The van der Waals surface area contributed by atoms with E-state index < -0.39 is 16.0 Å². The Labute approximate surface area is 90.4 Å². The molecule has 1 rings (SSSR count). The molecule has 0 unspecified atom stereocenters. The van der Waals surface area contributed by atoms with Crippen molar-refractivity contribution in [1.29, 1.82) is 0 Å². The molecule has 8 heteroatoms. The van der Waals surface area contributed by atoms with Crippen LogP contribution in [-0.4, -0.2) is 30.2 Å². The molecule has 0 aromatic heterocycles. The lowest BCUT2D eigenvalue weighted by molar-refractivity contribution is -0.151. The van der Waals surface area contributed by atoms with E-state index in [0.717, 1.165) is 21.6 Å². The summed E-state index contributed by atoms with van der Waals surface area (Å²) in [6.07, 6.45) is 0. The number of carbonyl (C=O) groups is 2. The summed E-state index contributed by atoms with van der Waals surface area (Å²) in [5, 5.41) is 0. The molecule has 0 radical (unpaired) electrons. The zero-order valence-corrected chi connectivity index (χ0v) is 10.0. The summed E-state index contributed by atoms with van der Waals surface area (Å²) in [6, 6.07) is 0. The molecule has 0 amide bonds. The number of ether oxygens (including phenoxy) is 2. The van der Waals surface area contributed by atoms with Gasteiger partial charge >= 0.3 is 11.9 Å². The van der Waals surface area contributed by atoms with Gasteiger partial charge in [-0.1, -0.05) is 0 Å². The van der Waals surface area contributed by atoms with Crippen LogP contribution in [0.15, 0.2) is 0 Å². The van der Waals surface area contributed by atoms with Crippen molar-refractivity contribution in [1.82, 2.24) is 0 Å². The highest BCUT2D eigenvalue weighted by molar-refractivity contribution is 9.31. The summed E-state index contributed by atoms with van der Waals surface area (Å²) >= 11 is 0. The lowest BCUT2D eigenvalue weighted by atomic mass is 10.4. The van der Waals surface area contributed by atoms with Gasteiger partial charge in [0.05, 0.1) is 14.2 Å². The van der Waals surface area contributed by atoms with Crippen molar-refractivity contribution in [2.75, 3.05) is 14.2 Å². The van der Waals surface area contributed by atoms with E-state index in [1.54, 1.807) is 0 Å². The zero-order valence-electron chi connectivity index (χ0n) is 6.77. The van der Waals surface area contributed by atoms with Gasteiger partial charge in [0.1, 0.15) is 0 Å². The molecule has 0 atom stereocenters. The Balaban J connectivity index is 2.86.